The van der Waals surface area contributed by atoms with E-state index in [1.165, 1.54) is 6.33 Å². The van der Waals surface area contributed by atoms with Gasteiger partial charge in [-0.1, -0.05) is 0 Å². The molecule has 2 aromatic heterocycles. The molecule has 54 valence electrons. The maximum absolute atomic E-state index is 10.3. The van der Waals surface area contributed by atoms with E-state index in [2.05, 4.69) is 20.2 Å². The minimum Gasteiger partial charge on any atom is -0.296 e. The van der Waals surface area contributed by atoms with Crippen LogP contribution in [0.25, 0.3) is 11.0 Å². The van der Waals surface area contributed by atoms with Gasteiger partial charge in [-0.2, -0.15) is 5.10 Å². The molecule has 0 atom stereocenters. The molecule has 0 bridgehead atoms. The maximum atomic E-state index is 10.3. The number of carbonyl (C=O) groups is 1. The fraction of sp³-hybridized carbons (Fsp3) is 0. The van der Waals surface area contributed by atoms with Gasteiger partial charge in [0.15, 0.2) is 6.29 Å². The van der Waals surface area contributed by atoms with Gasteiger partial charge in [0.2, 0.25) is 0 Å². The van der Waals surface area contributed by atoms with Gasteiger partial charge in [0.05, 0.1) is 6.20 Å². The molecule has 2 rings (SSSR count). The number of hydrogen-bond acceptors (Lipinski definition) is 4. The summed E-state index contributed by atoms with van der Waals surface area (Å²) in [4.78, 5) is 18.0. The molecule has 0 aliphatic heterocycles. The zero-order valence-electron chi connectivity index (χ0n) is 5.48. The van der Waals surface area contributed by atoms with Crippen molar-refractivity contribution >= 4 is 17.3 Å². The van der Waals surface area contributed by atoms with Gasteiger partial charge in [0, 0.05) is 0 Å². The second-order valence-corrected chi connectivity index (χ2v) is 2.01. The van der Waals surface area contributed by atoms with Crippen LogP contribution in [0.3, 0.4) is 0 Å². The highest BCUT2D eigenvalue weighted by molar-refractivity contribution is 5.91. The molecule has 0 aliphatic rings. The molecular formula is C6H4N4O. The van der Waals surface area contributed by atoms with Crippen molar-refractivity contribution in [3.8, 4) is 0 Å². The Hall–Kier alpha value is -1.78. The van der Waals surface area contributed by atoms with Gasteiger partial charge in [-0.3, -0.25) is 9.89 Å². The Morgan fingerprint density at radius 2 is 2.45 bits per heavy atom. The summed E-state index contributed by atoms with van der Waals surface area (Å²) in [6.07, 6.45) is 3.61. The Morgan fingerprint density at radius 1 is 1.55 bits per heavy atom. The highest BCUT2D eigenvalue weighted by Gasteiger charge is 2.03. The molecule has 5 nitrogen and oxygen atoms in total. The summed E-state index contributed by atoms with van der Waals surface area (Å²) >= 11 is 0. The first kappa shape index (κ1) is 5.96. The molecule has 0 saturated carbocycles. The zero-order valence-corrected chi connectivity index (χ0v) is 5.48. The highest BCUT2D eigenvalue weighted by Crippen LogP contribution is 2.07. The summed E-state index contributed by atoms with van der Waals surface area (Å²) in [5, 5.41) is 6.35. The van der Waals surface area contributed by atoms with Crippen LogP contribution >= 0.6 is 0 Å². The number of carbonyl (C=O) groups excluding carboxylic acids is 1. The third-order valence-corrected chi connectivity index (χ3v) is 1.36. The van der Waals surface area contributed by atoms with Gasteiger partial charge >= 0.3 is 0 Å². The van der Waals surface area contributed by atoms with Gasteiger partial charge in [-0.25, -0.2) is 9.97 Å². The average Bonchev–Trinajstić information content (AvgIpc) is 2.47. The Morgan fingerprint density at radius 3 is 3.27 bits per heavy atom. The summed E-state index contributed by atoms with van der Waals surface area (Å²) in [6.45, 7) is 0. The number of fused-ring (bicyclic) bond motifs is 1. The van der Waals surface area contributed by atoms with E-state index >= 15 is 0 Å². The Balaban J connectivity index is 2.86. The molecule has 0 aliphatic carbocycles. The standard InChI is InChI=1S/C6H4N4O/c11-2-5-6-4(9-10-5)1-7-3-8-6/h1-3H,(H,9,10). The van der Waals surface area contributed by atoms with Gasteiger partial charge in [0.1, 0.15) is 23.1 Å². The number of hydrogen-bond donors (Lipinski definition) is 1. The minimum absolute atomic E-state index is 0.391. The molecule has 0 spiro atoms. The molecule has 2 heterocycles. The quantitative estimate of drug-likeness (QED) is 0.585. The molecule has 0 fully saturated rings. The smallest absolute Gasteiger partial charge is 0.170 e. The van der Waals surface area contributed by atoms with Crippen LogP contribution in [-0.4, -0.2) is 26.5 Å². The molecule has 5 heteroatoms. The van der Waals surface area contributed by atoms with Crippen LogP contribution < -0.4 is 0 Å². The van der Waals surface area contributed by atoms with Crippen molar-refractivity contribution in [3.63, 3.8) is 0 Å². The Bertz CT molecular complexity index is 394. The second kappa shape index (κ2) is 2.12. The van der Waals surface area contributed by atoms with E-state index in [1.54, 1.807) is 6.20 Å². The number of nitrogens with zero attached hydrogens (tertiary/aromatic N) is 3. The number of rotatable bonds is 1. The third-order valence-electron chi connectivity index (χ3n) is 1.36. The SMILES string of the molecule is O=Cc1[nH]nc2cncnc12. The van der Waals surface area contributed by atoms with Crippen molar-refractivity contribution < 1.29 is 4.79 Å². The van der Waals surface area contributed by atoms with E-state index in [-0.39, 0.29) is 0 Å². The Kier molecular flexibility index (Phi) is 1.15. The van der Waals surface area contributed by atoms with Crippen molar-refractivity contribution in [2.45, 2.75) is 0 Å². The summed E-state index contributed by atoms with van der Waals surface area (Å²) in [6, 6.07) is 0. The van der Waals surface area contributed by atoms with Crippen LogP contribution in [0.4, 0.5) is 0 Å². The summed E-state index contributed by atoms with van der Waals surface area (Å²) < 4.78 is 0. The topological polar surface area (TPSA) is 71.5 Å². The van der Waals surface area contributed by atoms with Crippen LogP contribution in [0.1, 0.15) is 10.5 Å². The predicted octanol–water partition coefficient (Wildman–Crippen LogP) is 0.165. The second-order valence-electron chi connectivity index (χ2n) is 2.01. The summed E-state index contributed by atoms with van der Waals surface area (Å²) in [7, 11) is 0. The molecule has 11 heavy (non-hydrogen) atoms. The molecule has 0 radical (unpaired) electrons. The van der Waals surface area contributed by atoms with E-state index in [0.29, 0.717) is 23.0 Å². The molecule has 0 saturated heterocycles. The zero-order chi connectivity index (χ0) is 7.68. The van der Waals surface area contributed by atoms with Crippen molar-refractivity contribution in [1.29, 1.82) is 0 Å². The van der Waals surface area contributed by atoms with E-state index < -0.39 is 0 Å². The van der Waals surface area contributed by atoms with Crippen LogP contribution in [-0.2, 0) is 0 Å². The van der Waals surface area contributed by atoms with Crippen LogP contribution in [0.15, 0.2) is 12.5 Å². The van der Waals surface area contributed by atoms with E-state index in [9.17, 15) is 4.79 Å². The van der Waals surface area contributed by atoms with Crippen LogP contribution in [0.2, 0.25) is 0 Å². The lowest BCUT2D eigenvalue weighted by Gasteiger charge is -1.82. The first-order chi connectivity index (χ1) is 5.42. The van der Waals surface area contributed by atoms with Crippen LogP contribution in [0.5, 0.6) is 0 Å². The molecule has 0 amide bonds. The number of aromatic amines is 1. The number of aldehydes is 1. The predicted molar refractivity (Wildman–Crippen MR) is 37.1 cm³/mol. The third kappa shape index (κ3) is 0.778. The molecular weight excluding hydrogens is 144 g/mol. The number of aromatic nitrogens is 4. The monoisotopic (exact) mass is 148 g/mol. The highest BCUT2D eigenvalue weighted by atomic mass is 16.1. The fourth-order valence-corrected chi connectivity index (χ4v) is 0.867. The lowest BCUT2D eigenvalue weighted by Crippen LogP contribution is -1.82. The van der Waals surface area contributed by atoms with Crippen molar-refractivity contribution in [3.05, 3.63) is 18.2 Å². The molecule has 2 aromatic rings. The first-order valence-corrected chi connectivity index (χ1v) is 3.01. The first-order valence-electron chi connectivity index (χ1n) is 3.01. The lowest BCUT2D eigenvalue weighted by molar-refractivity contribution is 0.112. The van der Waals surface area contributed by atoms with Crippen molar-refractivity contribution in [2.75, 3.05) is 0 Å². The molecule has 0 aromatic carbocycles. The fourth-order valence-electron chi connectivity index (χ4n) is 0.867. The average molecular weight is 148 g/mol. The van der Waals surface area contributed by atoms with Gasteiger partial charge in [-0.15, -0.1) is 0 Å². The van der Waals surface area contributed by atoms with E-state index in [1.807, 2.05) is 0 Å². The van der Waals surface area contributed by atoms with Gasteiger partial charge in [-0.05, 0) is 0 Å². The Labute approximate surface area is 61.5 Å². The van der Waals surface area contributed by atoms with Gasteiger partial charge < -0.3 is 0 Å². The summed E-state index contributed by atoms with van der Waals surface area (Å²) in [5.74, 6) is 0. The maximum Gasteiger partial charge on any atom is 0.170 e. The minimum atomic E-state index is 0.391. The normalized spacial score (nSPS) is 10.2. The largest absolute Gasteiger partial charge is 0.296 e. The van der Waals surface area contributed by atoms with Crippen LogP contribution in [0, 0.1) is 0 Å². The van der Waals surface area contributed by atoms with Crippen molar-refractivity contribution in [1.82, 2.24) is 20.2 Å². The number of nitrogens with one attached hydrogen (secondary N) is 1. The summed E-state index contributed by atoms with van der Waals surface area (Å²) in [5.41, 5.74) is 1.56. The van der Waals surface area contributed by atoms with Crippen molar-refractivity contribution in [2.24, 2.45) is 0 Å². The van der Waals surface area contributed by atoms with Gasteiger partial charge in [0.25, 0.3) is 0 Å². The lowest BCUT2D eigenvalue weighted by atomic mass is 10.4. The number of H-pyrrole nitrogens is 1. The van der Waals surface area contributed by atoms with E-state index in [4.69, 9.17) is 0 Å². The molecule has 1 N–H and O–H groups in total. The van der Waals surface area contributed by atoms with E-state index in [0.717, 1.165) is 0 Å². The molecule has 0 unspecified atom stereocenters.